The van der Waals surface area contributed by atoms with Crippen molar-refractivity contribution >= 4 is 17.9 Å². The molecule has 2 heterocycles. The van der Waals surface area contributed by atoms with Gasteiger partial charge in [0.1, 0.15) is 6.17 Å². The quantitative estimate of drug-likeness (QED) is 0.691. The zero-order valence-corrected chi connectivity index (χ0v) is 13.8. The first kappa shape index (κ1) is 16.6. The third kappa shape index (κ3) is 3.34. The lowest BCUT2D eigenvalue weighted by Crippen LogP contribution is -2.64. The Hall–Kier alpha value is -1.79. The van der Waals surface area contributed by atoms with Crippen molar-refractivity contribution in [2.45, 2.75) is 57.7 Å². The van der Waals surface area contributed by atoms with Gasteiger partial charge in [-0.2, -0.15) is 0 Å². The molecule has 0 radical (unpaired) electrons. The third-order valence-electron chi connectivity index (χ3n) is 4.38. The predicted octanol–water partition coefficient (Wildman–Crippen LogP) is 1.11. The van der Waals surface area contributed by atoms with E-state index in [1.165, 1.54) is 30.6 Å². The number of nitrogens with zero attached hydrogens (tertiary/aromatic N) is 3. The zero-order chi connectivity index (χ0) is 16.1. The molecule has 2 saturated heterocycles. The molecule has 0 bridgehead atoms. The first-order valence-corrected chi connectivity index (χ1v) is 8.17. The molecule has 0 aromatic carbocycles. The van der Waals surface area contributed by atoms with Crippen molar-refractivity contribution in [2.75, 3.05) is 20.6 Å². The van der Waals surface area contributed by atoms with Gasteiger partial charge in [0.2, 0.25) is 0 Å². The fraction of sp³-hybridized carbons (Fsp3) is 0.800. The van der Waals surface area contributed by atoms with E-state index in [9.17, 15) is 9.59 Å². The number of aliphatic imine (C=N–C) groups is 1. The fourth-order valence-corrected chi connectivity index (χ4v) is 3.08. The van der Waals surface area contributed by atoms with Crippen LogP contribution in [0.4, 0.5) is 4.79 Å². The van der Waals surface area contributed by atoms with Crippen LogP contribution in [0.2, 0.25) is 0 Å². The van der Waals surface area contributed by atoms with Gasteiger partial charge < -0.3 is 15.1 Å². The third-order valence-corrected chi connectivity index (χ3v) is 4.38. The molecule has 2 N–H and O–H groups in total. The molecule has 0 saturated carbocycles. The topological polar surface area (TPSA) is 77.0 Å². The van der Waals surface area contributed by atoms with Gasteiger partial charge in [-0.1, -0.05) is 39.0 Å². The number of likely N-dealkylation sites (N-methyl/N-ethyl adjacent to an activating group) is 1. The van der Waals surface area contributed by atoms with Crippen LogP contribution in [0.5, 0.6) is 0 Å². The van der Waals surface area contributed by atoms with Gasteiger partial charge in [0.15, 0.2) is 12.0 Å². The van der Waals surface area contributed by atoms with Crippen LogP contribution < -0.4 is 10.6 Å². The molecule has 124 valence electrons. The molecular formula is C15H27N5O2. The highest BCUT2D eigenvalue weighted by atomic mass is 16.2. The van der Waals surface area contributed by atoms with E-state index >= 15 is 0 Å². The summed E-state index contributed by atoms with van der Waals surface area (Å²) in [4.78, 5) is 31.6. The number of urea groups is 1. The molecule has 2 aliphatic heterocycles. The molecule has 3 amide bonds. The number of carbonyl (C=O) groups is 2. The number of hydrogen-bond donors (Lipinski definition) is 2. The summed E-state index contributed by atoms with van der Waals surface area (Å²) in [5, 5.41) is 5.59. The standard InChI is InChI=1S/C15H27N5O2/c1-4-5-6-7-8-9-10-20-11-12(17-14(20)16-2)19(3)15(22)18-13(11)21/h11-12H,4-10H2,1-3H3,(H,16,17)(H,18,21,22). The molecule has 0 spiro atoms. The Balaban J connectivity index is 1.94. The molecule has 7 nitrogen and oxygen atoms in total. The minimum Gasteiger partial charge on any atom is -0.334 e. The molecule has 2 fully saturated rings. The van der Waals surface area contributed by atoms with Crippen molar-refractivity contribution in [3.8, 4) is 0 Å². The number of rotatable bonds is 7. The minimum atomic E-state index is -0.392. The highest BCUT2D eigenvalue weighted by molar-refractivity contribution is 6.04. The Morgan fingerprint density at radius 1 is 1.14 bits per heavy atom. The maximum absolute atomic E-state index is 12.2. The fourth-order valence-electron chi connectivity index (χ4n) is 3.08. The van der Waals surface area contributed by atoms with Crippen LogP contribution in [0.3, 0.4) is 0 Å². The normalized spacial score (nSPS) is 26.2. The maximum Gasteiger partial charge on any atom is 0.325 e. The molecule has 0 aromatic rings. The van der Waals surface area contributed by atoms with Gasteiger partial charge in [-0.15, -0.1) is 0 Å². The molecule has 0 aliphatic carbocycles. The lowest BCUT2D eigenvalue weighted by atomic mass is 10.1. The number of unbranched alkanes of at least 4 members (excludes halogenated alkanes) is 5. The van der Waals surface area contributed by atoms with Crippen LogP contribution >= 0.6 is 0 Å². The van der Waals surface area contributed by atoms with Crippen LogP contribution in [0.25, 0.3) is 0 Å². The lowest BCUT2D eigenvalue weighted by molar-refractivity contribution is -0.127. The highest BCUT2D eigenvalue weighted by Crippen LogP contribution is 2.21. The van der Waals surface area contributed by atoms with Gasteiger partial charge in [0.25, 0.3) is 5.91 Å². The summed E-state index contributed by atoms with van der Waals surface area (Å²) in [6.45, 7) is 2.99. The van der Waals surface area contributed by atoms with Gasteiger partial charge in [0, 0.05) is 20.6 Å². The number of imide groups is 1. The van der Waals surface area contributed by atoms with Crippen LogP contribution in [-0.2, 0) is 4.79 Å². The second kappa shape index (κ2) is 7.47. The first-order chi connectivity index (χ1) is 10.6. The molecular weight excluding hydrogens is 282 g/mol. The SMILES string of the molecule is CCCCCCCCN1C(=NC)NC2C1C(=O)NC(=O)N2C. The van der Waals surface area contributed by atoms with E-state index in [-0.39, 0.29) is 18.1 Å². The average molecular weight is 309 g/mol. The van der Waals surface area contributed by atoms with Crippen LogP contribution in [0.15, 0.2) is 4.99 Å². The second-order valence-corrected chi connectivity index (χ2v) is 5.95. The van der Waals surface area contributed by atoms with Crippen LogP contribution in [-0.4, -0.2) is 60.5 Å². The van der Waals surface area contributed by atoms with Crippen molar-refractivity contribution in [1.82, 2.24) is 20.4 Å². The highest BCUT2D eigenvalue weighted by Gasteiger charge is 2.49. The molecule has 2 atom stereocenters. The monoisotopic (exact) mass is 309 g/mol. The number of nitrogens with one attached hydrogen (secondary N) is 2. The molecule has 2 rings (SSSR count). The summed E-state index contributed by atoms with van der Waals surface area (Å²) in [5.74, 6) is 0.450. The van der Waals surface area contributed by atoms with Gasteiger partial charge in [-0.25, -0.2) is 4.79 Å². The van der Waals surface area contributed by atoms with E-state index < -0.39 is 6.04 Å². The largest absolute Gasteiger partial charge is 0.334 e. The summed E-state index contributed by atoms with van der Waals surface area (Å²) in [6, 6.07) is -0.757. The van der Waals surface area contributed by atoms with E-state index in [0.717, 1.165) is 19.4 Å². The zero-order valence-electron chi connectivity index (χ0n) is 13.8. The smallest absolute Gasteiger partial charge is 0.325 e. The van der Waals surface area contributed by atoms with Crippen molar-refractivity contribution in [3.63, 3.8) is 0 Å². The van der Waals surface area contributed by atoms with Gasteiger partial charge >= 0.3 is 6.03 Å². The molecule has 2 unspecified atom stereocenters. The number of amides is 3. The summed E-state index contributed by atoms with van der Waals surface area (Å²) in [6.07, 6.45) is 6.87. The van der Waals surface area contributed by atoms with E-state index in [1.54, 1.807) is 14.1 Å². The van der Waals surface area contributed by atoms with E-state index in [4.69, 9.17) is 0 Å². The van der Waals surface area contributed by atoms with Crippen LogP contribution in [0, 0.1) is 0 Å². The molecule has 0 aromatic heterocycles. The van der Waals surface area contributed by atoms with Crippen molar-refractivity contribution in [3.05, 3.63) is 0 Å². The summed E-state index contributed by atoms with van der Waals surface area (Å²) < 4.78 is 0. The minimum absolute atomic E-state index is 0.245. The van der Waals surface area contributed by atoms with Crippen molar-refractivity contribution in [1.29, 1.82) is 0 Å². The summed E-state index contributed by atoms with van der Waals surface area (Å²) in [5.41, 5.74) is 0. The molecule has 2 aliphatic rings. The summed E-state index contributed by atoms with van der Waals surface area (Å²) >= 11 is 0. The first-order valence-electron chi connectivity index (χ1n) is 8.17. The number of fused-ring (bicyclic) bond motifs is 1. The van der Waals surface area contributed by atoms with Gasteiger partial charge in [-0.3, -0.25) is 15.1 Å². The Bertz CT molecular complexity index is 451. The number of carbonyl (C=O) groups excluding carboxylic acids is 2. The maximum atomic E-state index is 12.2. The van der Waals surface area contributed by atoms with E-state index in [0.29, 0.717) is 5.96 Å². The Labute approximate surface area is 132 Å². The lowest BCUT2D eigenvalue weighted by Gasteiger charge is -2.35. The van der Waals surface area contributed by atoms with Gasteiger partial charge in [0.05, 0.1) is 0 Å². The van der Waals surface area contributed by atoms with E-state index in [2.05, 4.69) is 22.5 Å². The average Bonchev–Trinajstić information content (AvgIpc) is 2.88. The molecule has 22 heavy (non-hydrogen) atoms. The van der Waals surface area contributed by atoms with Crippen molar-refractivity contribution in [2.24, 2.45) is 4.99 Å². The van der Waals surface area contributed by atoms with Crippen LogP contribution in [0.1, 0.15) is 45.4 Å². The molecule has 7 heteroatoms. The van der Waals surface area contributed by atoms with Gasteiger partial charge in [-0.05, 0) is 6.42 Å². The number of hydrogen-bond acceptors (Lipinski definition) is 3. The Kier molecular flexibility index (Phi) is 5.63. The summed E-state index contributed by atoms with van der Waals surface area (Å²) in [7, 11) is 3.39. The Morgan fingerprint density at radius 2 is 1.82 bits per heavy atom. The predicted molar refractivity (Wildman–Crippen MR) is 85.5 cm³/mol. The number of guanidine groups is 1. The van der Waals surface area contributed by atoms with E-state index in [1.807, 2.05) is 4.90 Å². The second-order valence-electron chi connectivity index (χ2n) is 5.95. The van der Waals surface area contributed by atoms with Crippen molar-refractivity contribution < 1.29 is 9.59 Å². The Morgan fingerprint density at radius 3 is 2.50 bits per heavy atom.